The molecule has 0 radical (unpaired) electrons. The maximum absolute atomic E-state index is 12.2. The van der Waals surface area contributed by atoms with Crippen LogP contribution in [0.3, 0.4) is 0 Å². The summed E-state index contributed by atoms with van der Waals surface area (Å²) >= 11 is 0. The lowest BCUT2D eigenvalue weighted by atomic mass is 9.87. The Morgan fingerprint density at radius 2 is 1.78 bits per heavy atom. The summed E-state index contributed by atoms with van der Waals surface area (Å²) in [5.41, 5.74) is 1.19. The lowest BCUT2D eigenvalue weighted by molar-refractivity contribution is -0.127. The first kappa shape index (κ1) is 20.6. The molecule has 2 rings (SSSR count). The van der Waals surface area contributed by atoms with Gasteiger partial charge in [0, 0.05) is 0 Å². The normalized spacial score (nSPS) is 12.2. The Morgan fingerprint density at radius 3 is 2.44 bits per heavy atom. The fraction of sp³-hybridized carbons (Fsp3) is 0.409. The Balaban J connectivity index is 1.80. The van der Waals surface area contributed by atoms with E-state index in [0.717, 1.165) is 5.56 Å². The first-order chi connectivity index (χ1) is 12.8. The van der Waals surface area contributed by atoms with Crippen LogP contribution in [0.5, 0.6) is 17.2 Å². The molecule has 0 fully saturated rings. The average Bonchev–Trinajstić information content (AvgIpc) is 2.64. The fourth-order valence-corrected chi connectivity index (χ4v) is 2.51. The number of para-hydroxylation sites is 2. The molecule has 0 saturated carbocycles. The minimum atomic E-state index is -0.591. The Kier molecular flexibility index (Phi) is 7.11. The summed E-state index contributed by atoms with van der Waals surface area (Å²) in [4.78, 5) is 12.2. The van der Waals surface area contributed by atoms with Crippen molar-refractivity contribution in [3.05, 3.63) is 54.1 Å². The highest BCUT2D eigenvalue weighted by atomic mass is 16.5. The smallest absolute Gasteiger partial charge is 0.260 e. The molecular formula is C22H29NO4. The van der Waals surface area contributed by atoms with E-state index in [1.807, 2.05) is 42.5 Å². The number of amides is 1. The number of rotatable bonds is 8. The molecule has 0 heterocycles. The standard InChI is InChI=1S/C22H29NO4/c1-16(27-18-10-8-9-17(15-18)22(2,3)4)21(24)23-13-14-26-20-12-7-6-11-19(20)25-5/h6-12,15-16H,13-14H2,1-5H3,(H,23,24). The van der Waals surface area contributed by atoms with Crippen molar-refractivity contribution in [2.75, 3.05) is 20.3 Å². The van der Waals surface area contributed by atoms with Crippen molar-refractivity contribution in [1.82, 2.24) is 5.32 Å². The summed E-state index contributed by atoms with van der Waals surface area (Å²) in [7, 11) is 1.59. The highest BCUT2D eigenvalue weighted by Gasteiger charge is 2.17. The second-order valence-electron chi connectivity index (χ2n) is 7.33. The molecule has 1 unspecified atom stereocenters. The molecule has 0 aliphatic rings. The van der Waals surface area contributed by atoms with Crippen LogP contribution in [0, 0.1) is 0 Å². The third-order valence-corrected chi connectivity index (χ3v) is 4.11. The summed E-state index contributed by atoms with van der Waals surface area (Å²) in [5.74, 6) is 1.83. The highest BCUT2D eigenvalue weighted by molar-refractivity contribution is 5.80. The van der Waals surface area contributed by atoms with Crippen molar-refractivity contribution in [2.24, 2.45) is 0 Å². The number of hydrogen-bond donors (Lipinski definition) is 1. The van der Waals surface area contributed by atoms with Crippen LogP contribution < -0.4 is 19.5 Å². The van der Waals surface area contributed by atoms with Gasteiger partial charge in [0.1, 0.15) is 12.4 Å². The van der Waals surface area contributed by atoms with Gasteiger partial charge in [0.05, 0.1) is 13.7 Å². The predicted octanol–water partition coefficient (Wildman–Crippen LogP) is 3.96. The van der Waals surface area contributed by atoms with E-state index < -0.39 is 6.10 Å². The quantitative estimate of drug-likeness (QED) is 0.714. The monoisotopic (exact) mass is 371 g/mol. The van der Waals surface area contributed by atoms with Gasteiger partial charge in [-0.25, -0.2) is 0 Å². The molecule has 146 valence electrons. The van der Waals surface area contributed by atoms with Crippen molar-refractivity contribution >= 4 is 5.91 Å². The summed E-state index contributed by atoms with van der Waals surface area (Å²) in [6.45, 7) is 8.89. The molecule has 1 amide bonds. The Hall–Kier alpha value is -2.69. The molecular weight excluding hydrogens is 342 g/mol. The number of methoxy groups -OCH3 is 1. The van der Waals surface area contributed by atoms with E-state index in [9.17, 15) is 4.79 Å². The largest absolute Gasteiger partial charge is 0.493 e. The van der Waals surface area contributed by atoms with E-state index in [-0.39, 0.29) is 11.3 Å². The van der Waals surface area contributed by atoms with Gasteiger partial charge in [-0.15, -0.1) is 0 Å². The molecule has 5 heteroatoms. The number of benzene rings is 2. The summed E-state index contributed by atoms with van der Waals surface area (Å²) in [6, 6.07) is 15.3. The van der Waals surface area contributed by atoms with Gasteiger partial charge >= 0.3 is 0 Å². The van der Waals surface area contributed by atoms with Crippen molar-refractivity contribution in [3.63, 3.8) is 0 Å². The minimum Gasteiger partial charge on any atom is -0.493 e. The lowest BCUT2D eigenvalue weighted by Gasteiger charge is -2.21. The van der Waals surface area contributed by atoms with E-state index in [0.29, 0.717) is 30.4 Å². The van der Waals surface area contributed by atoms with E-state index in [4.69, 9.17) is 14.2 Å². The molecule has 0 aliphatic heterocycles. The van der Waals surface area contributed by atoms with Crippen LogP contribution in [0.4, 0.5) is 0 Å². The van der Waals surface area contributed by atoms with Gasteiger partial charge < -0.3 is 19.5 Å². The molecule has 1 N–H and O–H groups in total. The van der Waals surface area contributed by atoms with Crippen LogP contribution in [-0.4, -0.2) is 32.3 Å². The number of carbonyl (C=O) groups excluding carboxylic acids is 1. The molecule has 27 heavy (non-hydrogen) atoms. The van der Waals surface area contributed by atoms with Crippen LogP contribution in [-0.2, 0) is 10.2 Å². The number of hydrogen-bond acceptors (Lipinski definition) is 4. The Bertz CT molecular complexity index is 752. The van der Waals surface area contributed by atoms with E-state index in [1.54, 1.807) is 14.0 Å². The SMILES string of the molecule is COc1ccccc1OCCNC(=O)C(C)Oc1cccc(C(C)(C)C)c1. The zero-order valence-electron chi connectivity index (χ0n) is 16.7. The first-order valence-electron chi connectivity index (χ1n) is 9.12. The molecule has 0 bridgehead atoms. The molecule has 0 spiro atoms. The zero-order chi connectivity index (χ0) is 19.9. The molecule has 1 atom stereocenters. The number of carbonyl (C=O) groups is 1. The summed E-state index contributed by atoms with van der Waals surface area (Å²) in [5, 5.41) is 2.83. The minimum absolute atomic E-state index is 0.0285. The zero-order valence-corrected chi connectivity index (χ0v) is 16.7. The lowest BCUT2D eigenvalue weighted by Crippen LogP contribution is -2.38. The van der Waals surface area contributed by atoms with Crippen molar-refractivity contribution in [3.8, 4) is 17.2 Å². The molecule has 0 saturated heterocycles. The van der Waals surface area contributed by atoms with Gasteiger partial charge in [-0.3, -0.25) is 4.79 Å². The van der Waals surface area contributed by atoms with Gasteiger partial charge in [0.15, 0.2) is 17.6 Å². The maximum Gasteiger partial charge on any atom is 0.260 e. The Labute approximate surface area is 161 Å². The predicted molar refractivity (Wildman–Crippen MR) is 107 cm³/mol. The van der Waals surface area contributed by atoms with Crippen LogP contribution in [0.1, 0.15) is 33.3 Å². The van der Waals surface area contributed by atoms with Gasteiger partial charge in [0.25, 0.3) is 5.91 Å². The molecule has 2 aromatic carbocycles. The van der Waals surface area contributed by atoms with Gasteiger partial charge in [0.2, 0.25) is 0 Å². The van der Waals surface area contributed by atoms with Gasteiger partial charge in [-0.2, -0.15) is 0 Å². The van der Waals surface area contributed by atoms with Crippen molar-refractivity contribution in [1.29, 1.82) is 0 Å². The topological polar surface area (TPSA) is 56.8 Å². The second kappa shape index (κ2) is 9.31. The third-order valence-electron chi connectivity index (χ3n) is 4.11. The first-order valence-corrected chi connectivity index (χ1v) is 9.12. The van der Waals surface area contributed by atoms with E-state index >= 15 is 0 Å². The molecule has 0 aromatic heterocycles. The van der Waals surface area contributed by atoms with Crippen molar-refractivity contribution in [2.45, 2.75) is 39.2 Å². The van der Waals surface area contributed by atoms with E-state index in [1.165, 1.54) is 0 Å². The van der Waals surface area contributed by atoms with Gasteiger partial charge in [-0.1, -0.05) is 45.0 Å². The highest BCUT2D eigenvalue weighted by Crippen LogP contribution is 2.26. The van der Waals surface area contributed by atoms with Crippen molar-refractivity contribution < 1.29 is 19.0 Å². The third kappa shape index (κ3) is 6.20. The van der Waals surface area contributed by atoms with Crippen LogP contribution in [0.2, 0.25) is 0 Å². The number of ether oxygens (including phenoxy) is 3. The van der Waals surface area contributed by atoms with E-state index in [2.05, 4.69) is 32.2 Å². The van der Waals surface area contributed by atoms with Crippen LogP contribution in [0.15, 0.2) is 48.5 Å². The molecule has 5 nitrogen and oxygen atoms in total. The number of nitrogens with one attached hydrogen (secondary N) is 1. The fourth-order valence-electron chi connectivity index (χ4n) is 2.51. The molecule has 2 aromatic rings. The van der Waals surface area contributed by atoms with Gasteiger partial charge in [-0.05, 0) is 42.2 Å². The maximum atomic E-state index is 12.2. The second-order valence-corrected chi connectivity index (χ2v) is 7.33. The Morgan fingerprint density at radius 1 is 1.07 bits per heavy atom. The summed E-state index contributed by atoms with van der Waals surface area (Å²) < 4.78 is 16.7. The van der Waals surface area contributed by atoms with Crippen LogP contribution >= 0.6 is 0 Å². The molecule has 0 aliphatic carbocycles. The van der Waals surface area contributed by atoms with Crippen LogP contribution in [0.25, 0.3) is 0 Å². The summed E-state index contributed by atoms with van der Waals surface area (Å²) in [6.07, 6.45) is -0.591. The average molecular weight is 371 g/mol.